The molecule has 0 bridgehead atoms. The van der Waals surface area contributed by atoms with Crippen molar-refractivity contribution in [3.8, 4) is 0 Å². The van der Waals surface area contributed by atoms with Gasteiger partial charge in [0, 0.05) is 12.4 Å². The third kappa shape index (κ3) is 6.66. The van der Waals surface area contributed by atoms with Crippen molar-refractivity contribution in [2.75, 3.05) is 0 Å². The molecule has 1 rings (SSSR count). The quantitative estimate of drug-likeness (QED) is 0.558. The van der Waals surface area contributed by atoms with E-state index in [1.165, 1.54) is 5.56 Å². The van der Waals surface area contributed by atoms with E-state index in [0.717, 1.165) is 17.3 Å². The van der Waals surface area contributed by atoms with Gasteiger partial charge in [-0.3, -0.25) is 4.98 Å². The molecule has 0 fully saturated rings. The first kappa shape index (κ1) is 13.2. The summed E-state index contributed by atoms with van der Waals surface area (Å²) in [5, 5.41) is 0. The van der Waals surface area contributed by atoms with E-state index in [2.05, 4.69) is 4.98 Å². The van der Waals surface area contributed by atoms with Crippen LogP contribution in [0.4, 0.5) is 0 Å². The van der Waals surface area contributed by atoms with Gasteiger partial charge in [-0.15, -0.1) is 0 Å². The topological polar surface area (TPSA) is 12.9 Å². The van der Waals surface area contributed by atoms with Gasteiger partial charge in [0.25, 0.3) is 0 Å². The Morgan fingerprint density at radius 2 is 1.70 bits per heavy atom. The van der Waals surface area contributed by atoms with Crippen LogP contribution in [0.5, 0.6) is 0 Å². The van der Waals surface area contributed by atoms with Crippen LogP contribution in [-0.2, 0) is 17.3 Å². The molecule has 0 unspecified atom stereocenters. The Kier molecular flexibility index (Phi) is 12.6. The second kappa shape index (κ2) is 9.54. The number of hydrogen-bond donors (Lipinski definition) is 0. The van der Waals surface area contributed by atoms with Gasteiger partial charge in [0.05, 0.1) is 0 Å². The van der Waals surface area contributed by atoms with Crippen molar-refractivity contribution in [1.82, 2.24) is 4.98 Å². The van der Waals surface area contributed by atoms with Crippen LogP contribution in [0.25, 0.3) is 0 Å². The first-order chi connectivity index (χ1) is 4.39. The number of aromatic nitrogens is 1. The van der Waals surface area contributed by atoms with Gasteiger partial charge in [0.15, 0.2) is 0 Å². The maximum atomic E-state index is 4.76. The molecule has 0 N–H and O–H groups in total. The second-order valence-electron chi connectivity index (χ2n) is 1.52. The fourth-order valence-electron chi connectivity index (χ4n) is 0.426. The van der Waals surface area contributed by atoms with E-state index >= 15 is 0 Å². The number of halogens is 2. The normalized spacial score (nSPS) is 6.80. The Balaban J connectivity index is 0. The molecule has 1 aromatic rings. The fraction of sp³-hybridized carbons (Fsp3) is 0.167. The molecule has 1 aromatic heterocycles. The first-order valence-corrected chi connectivity index (χ1v) is 6.43. The fourth-order valence-corrected chi connectivity index (χ4v) is 0.426. The SMILES string of the molecule is Cc1ccncc1.[Br-].[Cl][Zn+]. The van der Waals surface area contributed by atoms with Crippen LogP contribution in [0.3, 0.4) is 0 Å². The summed E-state index contributed by atoms with van der Waals surface area (Å²) in [6.45, 7) is 2.04. The molecule has 0 aliphatic carbocycles. The third-order valence-corrected chi connectivity index (χ3v) is 0.847. The summed E-state index contributed by atoms with van der Waals surface area (Å²) in [4.78, 5) is 3.85. The van der Waals surface area contributed by atoms with E-state index in [9.17, 15) is 0 Å². The molecule has 1 heterocycles. The Labute approximate surface area is 85.7 Å². The van der Waals surface area contributed by atoms with Crippen molar-refractivity contribution in [1.29, 1.82) is 0 Å². The van der Waals surface area contributed by atoms with Crippen molar-refractivity contribution < 1.29 is 34.3 Å². The van der Waals surface area contributed by atoms with Crippen LogP contribution in [0.15, 0.2) is 24.5 Å². The number of rotatable bonds is 0. The van der Waals surface area contributed by atoms with Crippen molar-refractivity contribution in [2.45, 2.75) is 6.92 Å². The molecule has 0 radical (unpaired) electrons. The Morgan fingerprint density at radius 3 is 1.90 bits per heavy atom. The van der Waals surface area contributed by atoms with Gasteiger partial charge in [-0.1, -0.05) is 0 Å². The zero-order chi connectivity index (χ0) is 7.11. The molecule has 4 heteroatoms. The van der Waals surface area contributed by atoms with Gasteiger partial charge in [-0.2, -0.15) is 0 Å². The third-order valence-electron chi connectivity index (χ3n) is 0.847. The van der Waals surface area contributed by atoms with Gasteiger partial charge in [-0.05, 0) is 24.6 Å². The van der Waals surface area contributed by atoms with Crippen LogP contribution >= 0.6 is 9.69 Å². The average molecular weight is 274 g/mol. The summed E-state index contributed by atoms with van der Waals surface area (Å²) >= 11 is 0.847. The zero-order valence-electron chi connectivity index (χ0n) is 5.72. The first-order valence-electron chi connectivity index (χ1n) is 2.53. The minimum absolute atomic E-state index is 0. The van der Waals surface area contributed by atoms with Gasteiger partial charge in [-0.25, -0.2) is 0 Å². The molecule has 0 aliphatic rings. The van der Waals surface area contributed by atoms with E-state index in [0.29, 0.717) is 0 Å². The molecule has 0 aromatic carbocycles. The van der Waals surface area contributed by atoms with Crippen LogP contribution in [-0.4, -0.2) is 4.98 Å². The molecule has 0 atom stereocenters. The van der Waals surface area contributed by atoms with E-state index < -0.39 is 0 Å². The van der Waals surface area contributed by atoms with E-state index in [-0.39, 0.29) is 17.0 Å². The molecule has 52 valence electrons. The average Bonchev–Trinajstić information content (AvgIpc) is 1.94. The predicted molar refractivity (Wildman–Crippen MR) is 34.8 cm³/mol. The van der Waals surface area contributed by atoms with Crippen molar-refractivity contribution >= 4 is 9.69 Å². The van der Waals surface area contributed by atoms with Crippen LogP contribution in [0.2, 0.25) is 0 Å². The van der Waals surface area contributed by atoms with Crippen LogP contribution < -0.4 is 17.0 Å². The molecule has 1 nitrogen and oxygen atoms in total. The number of aryl methyl sites for hydroxylation is 1. The minimum atomic E-state index is 0. The van der Waals surface area contributed by atoms with Crippen molar-refractivity contribution in [2.24, 2.45) is 0 Å². The van der Waals surface area contributed by atoms with E-state index in [1.54, 1.807) is 12.4 Å². The monoisotopic (exact) mass is 271 g/mol. The standard InChI is InChI=1S/C6H7N.BrH.ClH.Zn/c1-6-2-4-7-5-3-6;;;/h2-5H,1H3;2*1H;/q;;;+2/p-2. The number of hydrogen-bond acceptors (Lipinski definition) is 1. The summed E-state index contributed by atoms with van der Waals surface area (Å²) in [6.07, 6.45) is 3.57. The Morgan fingerprint density at radius 1 is 1.30 bits per heavy atom. The molecular formula is C6H7BrClNZn. The summed E-state index contributed by atoms with van der Waals surface area (Å²) in [7, 11) is 4.76. The van der Waals surface area contributed by atoms with E-state index in [1.807, 2.05) is 19.1 Å². The number of pyridine rings is 1. The van der Waals surface area contributed by atoms with Gasteiger partial charge >= 0.3 is 27.0 Å². The van der Waals surface area contributed by atoms with Gasteiger partial charge in [0.2, 0.25) is 0 Å². The van der Waals surface area contributed by atoms with Gasteiger partial charge in [0.1, 0.15) is 0 Å². The maximum absolute atomic E-state index is 4.76. The Hall–Kier alpha value is 0.543. The summed E-state index contributed by atoms with van der Waals surface area (Å²) in [6, 6.07) is 3.94. The van der Waals surface area contributed by atoms with Gasteiger partial charge < -0.3 is 17.0 Å². The van der Waals surface area contributed by atoms with E-state index in [4.69, 9.17) is 9.69 Å². The molecule has 0 saturated carbocycles. The molecule has 10 heavy (non-hydrogen) atoms. The number of nitrogens with zero attached hydrogens (tertiary/aromatic N) is 1. The molecule has 0 aliphatic heterocycles. The van der Waals surface area contributed by atoms with Crippen LogP contribution in [0.1, 0.15) is 5.56 Å². The molecular weight excluding hydrogens is 267 g/mol. The summed E-state index contributed by atoms with van der Waals surface area (Å²) < 4.78 is 0. The van der Waals surface area contributed by atoms with Crippen molar-refractivity contribution in [3.05, 3.63) is 30.1 Å². The summed E-state index contributed by atoms with van der Waals surface area (Å²) in [5.74, 6) is 0. The van der Waals surface area contributed by atoms with Crippen LogP contribution in [0, 0.1) is 6.92 Å². The predicted octanol–water partition coefficient (Wildman–Crippen LogP) is -0.919. The molecule has 0 amide bonds. The summed E-state index contributed by atoms with van der Waals surface area (Å²) in [5.41, 5.74) is 1.26. The zero-order valence-corrected chi connectivity index (χ0v) is 11.0. The molecule has 0 saturated heterocycles. The molecule has 0 spiro atoms. The van der Waals surface area contributed by atoms with Crippen molar-refractivity contribution in [3.63, 3.8) is 0 Å². The Bertz CT molecular complexity index is 148. The second-order valence-corrected chi connectivity index (χ2v) is 1.52.